The van der Waals surface area contributed by atoms with Gasteiger partial charge in [-0.1, -0.05) is 24.3 Å². The van der Waals surface area contributed by atoms with Crippen LogP contribution in [0, 0.1) is 12.8 Å². The number of carbonyl (C=O) groups excluding carboxylic acids is 1. The molecular weight excluding hydrogens is 388 g/mol. The van der Waals surface area contributed by atoms with Crippen LogP contribution in [-0.2, 0) is 4.79 Å². The number of aromatic nitrogens is 2. The van der Waals surface area contributed by atoms with Crippen molar-refractivity contribution in [3.8, 4) is 17.0 Å². The Bertz CT molecular complexity index is 1020. The molecule has 1 N–H and O–H groups in total. The predicted molar refractivity (Wildman–Crippen MR) is 123 cm³/mol. The summed E-state index contributed by atoms with van der Waals surface area (Å²) in [5.74, 6) is 1.57. The average molecular weight is 417 g/mol. The van der Waals surface area contributed by atoms with E-state index in [0.717, 1.165) is 47.9 Å². The lowest BCUT2D eigenvalue weighted by Gasteiger charge is -2.32. The summed E-state index contributed by atoms with van der Waals surface area (Å²) in [7, 11) is 0. The number of benzene rings is 2. The Kier molecular flexibility index (Phi) is 6.46. The molecule has 1 atom stereocenters. The van der Waals surface area contributed by atoms with Gasteiger partial charge in [-0.25, -0.2) is 0 Å². The molecule has 2 heterocycles. The lowest BCUT2D eigenvalue weighted by Crippen LogP contribution is -2.41. The van der Waals surface area contributed by atoms with Crippen LogP contribution >= 0.6 is 0 Å². The highest BCUT2D eigenvalue weighted by Gasteiger charge is 2.27. The molecule has 1 aromatic heterocycles. The van der Waals surface area contributed by atoms with Crippen molar-refractivity contribution < 1.29 is 9.53 Å². The van der Waals surface area contributed by atoms with E-state index in [-0.39, 0.29) is 11.8 Å². The number of carbonyl (C=O) groups is 1. The third-order valence-corrected chi connectivity index (χ3v) is 5.62. The number of anilines is 2. The van der Waals surface area contributed by atoms with Gasteiger partial charge < -0.3 is 15.0 Å². The third-order valence-electron chi connectivity index (χ3n) is 5.62. The fourth-order valence-corrected chi connectivity index (χ4v) is 3.94. The van der Waals surface area contributed by atoms with E-state index in [1.807, 2.05) is 55.5 Å². The van der Waals surface area contributed by atoms with Crippen molar-refractivity contribution in [3.63, 3.8) is 0 Å². The Morgan fingerprint density at radius 3 is 2.61 bits per heavy atom. The van der Waals surface area contributed by atoms with Gasteiger partial charge in [0.05, 0.1) is 18.2 Å². The Morgan fingerprint density at radius 1 is 1.10 bits per heavy atom. The molecule has 4 rings (SSSR count). The Balaban J connectivity index is 1.40. The predicted octanol–water partition coefficient (Wildman–Crippen LogP) is 4.71. The van der Waals surface area contributed by atoms with E-state index >= 15 is 0 Å². The SMILES string of the molecule is CCOc1ccc(NC(=O)[C@@H]2CCCN(c3ccc(-c4ccccc4C)nn3)C2)cc1. The molecule has 1 amide bonds. The van der Waals surface area contributed by atoms with Gasteiger partial charge >= 0.3 is 0 Å². The van der Waals surface area contributed by atoms with Crippen LogP contribution in [0.1, 0.15) is 25.3 Å². The van der Waals surface area contributed by atoms with E-state index < -0.39 is 0 Å². The van der Waals surface area contributed by atoms with Crippen LogP contribution in [0.15, 0.2) is 60.7 Å². The zero-order chi connectivity index (χ0) is 21.6. The quantitative estimate of drug-likeness (QED) is 0.631. The van der Waals surface area contributed by atoms with Gasteiger partial charge in [0.1, 0.15) is 5.75 Å². The molecule has 1 saturated heterocycles. The highest BCUT2D eigenvalue weighted by molar-refractivity contribution is 5.93. The molecule has 0 radical (unpaired) electrons. The van der Waals surface area contributed by atoms with E-state index in [1.54, 1.807) is 0 Å². The van der Waals surface area contributed by atoms with Gasteiger partial charge in [0.15, 0.2) is 5.82 Å². The van der Waals surface area contributed by atoms with E-state index in [1.165, 1.54) is 5.56 Å². The topological polar surface area (TPSA) is 67.3 Å². The molecule has 6 nitrogen and oxygen atoms in total. The standard InChI is InChI=1S/C25H28N4O2/c1-3-31-21-12-10-20(11-13-21)26-25(30)19-8-6-16-29(17-19)24-15-14-23(27-28-24)22-9-5-4-7-18(22)2/h4-5,7,9-15,19H,3,6,8,16-17H2,1-2H3,(H,26,30)/t19-/m1/s1. The first-order valence-electron chi connectivity index (χ1n) is 10.8. The van der Waals surface area contributed by atoms with Crippen LogP contribution in [-0.4, -0.2) is 35.8 Å². The molecule has 31 heavy (non-hydrogen) atoms. The molecule has 2 aromatic carbocycles. The number of aryl methyl sites for hydroxylation is 1. The second-order valence-corrected chi connectivity index (χ2v) is 7.82. The van der Waals surface area contributed by atoms with Crippen LogP contribution in [0.4, 0.5) is 11.5 Å². The first kappa shape index (κ1) is 20.8. The number of rotatable bonds is 6. The van der Waals surface area contributed by atoms with E-state index in [2.05, 4.69) is 39.5 Å². The number of nitrogens with zero attached hydrogens (tertiary/aromatic N) is 3. The van der Waals surface area contributed by atoms with Gasteiger partial charge in [0.25, 0.3) is 0 Å². The summed E-state index contributed by atoms with van der Waals surface area (Å²) in [6.45, 7) is 6.17. The van der Waals surface area contributed by atoms with Gasteiger partial charge in [0.2, 0.25) is 5.91 Å². The summed E-state index contributed by atoms with van der Waals surface area (Å²) in [6, 6.07) is 19.7. The van der Waals surface area contributed by atoms with Crippen molar-refractivity contribution in [1.82, 2.24) is 10.2 Å². The summed E-state index contributed by atoms with van der Waals surface area (Å²) in [6.07, 6.45) is 1.82. The molecule has 1 fully saturated rings. The average Bonchev–Trinajstić information content (AvgIpc) is 2.81. The van der Waals surface area contributed by atoms with Crippen LogP contribution in [0.5, 0.6) is 5.75 Å². The minimum absolute atomic E-state index is 0.0401. The first-order chi connectivity index (χ1) is 15.1. The molecular formula is C25H28N4O2. The molecule has 0 bridgehead atoms. The maximum atomic E-state index is 12.8. The highest BCUT2D eigenvalue weighted by atomic mass is 16.5. The summed E-state index contributed by atoms with van der Waals surface area (Å²) < 4.78 is 5.46. The molecule has 1 aliphatic heterocycles. The molecule has 1 aliphatic rings. The fourth-order valence-electron chi connectivity index (χ4n) is 3.94. The molecule has 160 valence electrons. The highest BCUT2D eigenvalue weighted by Crippen LogP contribution is 2.26. The molecule has 3 aromatic rings. The first-order valence-corrected chi connectivity index (χ1v) is 10.8. The molecule has 6 heteroatoms. The Labute approximate surface area is 183 Å². The number of hydrogen-bond donors (Lipinski definition) is 1. The monoisotopic (exact) mass is 416 g/mol. The van der Waals surface area contributed by atoms with Crippen molar-refractivity contribution in [2.75, 3.05) is 29.9 Å². The number of hydrogen-bond acceptors (Lipinski definition) is 5. The van der Waals surface area contributed by atoms with Crippen molar-refractivity contribution in [3.05, 3.63) is 66.2 Å². The Hall–Kier alpha value is -3.41. The van der Waals surface area contributed by atoms with Crippen LogP contribution in [0.3, 0.4) is 0 Å². The lowest BCUT2D eigenvalue weighted by molar-refractivity contribution is -0.120. The van der Waals surface area contributed by atoms with Gasteiger partial charge in [-0.2, -0.15) is 0 Å². The van der Waals surface area contributed by atoms with Crippen molar-refractivity contribution in [1.29, 1.82) is 0 Å². The van der Waals surface area contributed by atoms with Crippen LogP contribution < -0.4 is 15.0 Å². The minimum Gasteiger partial charge on any atom is -0.494 e. The summed E-state index contributed by atoms with van der Waals surface area (Å²) in [5, 5.41) is 11.9. The van der Waals surface area contributed by atoms with Crippen molar-refractivity contribution in [2.45, 2.75) is 26.7 Å². The van der Waals surface area contributed by atoms with Gasteiger partial charge in [-0.3, -0.25) is 4.79 Å². The van der Waals surface area contributed by atoms with Gasteiger partial charge in [-0.05, 0) is 68.7 Å². The number of ether oxygens (including phenoxy) is 1. The molecule has 0 saturated carbocycles. The van der Waals surface area contributed by atoms with Crippen molar-refractivity contribution in [2.24, 2.45) is 5.92 Å². The van der Waals surface area contributed by atoms with E-state index in [9.17, 15) is 4.79 Å². The molecule has 0 spiro atoms. The summed E-state index contributed by atoms with van der Waals surface area (Å²) in [4.78, 5) is 15.0. The Morgan fingerprint density at radius 2 is 1.90 bits per heavy atom. The molecule has 0 aliphatic carbocycles. The zero-order valence-electron chi connectivity index (χ0n) is 18.0. The second-order valence-electron chi connectivity index (χ2n) is 7.82. The van der Waals surface area contributed by atoms with Crippen LogP contribution in [0.2, 0.25) is 0 Å². The normalized spacial score (nSPS) is 16.1. The van der Waals surface area contributed by atoms with Crippen LogP contribution in [0.25, 0.3) is 11.3 Å². The van der Waals surface area contributed by atoms with Gasteiger partial charge in [0, 0.05) is 24.3 Å². The molecule has 0 unspecified atom stereocenters. The fraction of sp³-hybridized carbons (Fsp3) is 0.320. The minimum atomic E-state index is -0.0850. The van der Waals surface area contributed by atoms with Crippen molar-refractivity contribution >= 4 is 17.4 Å². The number of amides is 1. The van der Waals surface area contributed by atoms with Gasteiger partial charge in [-0.15, -0.1) is 10.2 Å². The third kappa shape index (κ3) is 5.02. The zero-order valence-corrected chi connectivity index (χ0v) is 18.0. The smallest absolute Gasteiger partial charge is 0.229 e. The summed E-state index contributed by atoms with van der Waals surface area (Å²) >= 11 is 0. The maximum absolute atomic E-state index is 12.8. The summed E-state index contributed by atoms with van der Waals surface area (Å²) in [5.41, 5.74) is 3.91. The maximum Gasteiger partial charge on any atom is 0.229 e. The van der Waals surface area contributed by atoms with E-state index in [4.69, 9.17) is 4.74 Å². The lowest BCUT2D eigenvalue weighted by atomic mass is 9.97. The second kappa shape index (κ2) is 9.60. The number of nitrogens with one attached hydrogen (secondary N) is 1. The number of piperidine rings is 1. The van der Waals surface area contributed by atoms with E-state index in [0.29, 0.717) is 13.2 Å². The largest absolute Gasteiger partial charge is 0.494 e.